The predicted octanol–water partition coefficient (Wildman–Crippen LogP) is 5.48. The minimum Gasteiger partial charge on any atom is -0.423 e. The number of carbonyl (C=O) groups is 1. The maximum absolute atomic E-state index is 14.3. The Balaban J connectivity index is 1.72. The minimum absolute atomic E-state index is 0.104. The third-order valence-electron chi connectivity index (χ3n) is 4.72. The van der Waals surface area contributed by atoms with Gasteiger partial charge in [0.1, 0.15) is 17.4 Å². The van der Waals surface area contributed by atoms with Gasteiger partial charge in [-0.15, -0.1) is 0 Å². The number of benzene rings is 2. The third-order valence-corrected chi connectivity index (χ3v) is 4.72. The Bertz CT molecular complexity index is 717. The van der Waals surface area contributed by atoms with Crippen molar-refractivity contribution in [3.05, 3.63) is 65.2 Å². The van der Waals surface area contributed by atoms with Gasteiger partial charge in [0.2, 0.25) is 0 Å². The van der Waals surface area contributed by atoms with Crippen LogP contribution in [0, 0.1) is 17.6 Å². The van der Waals surface area contributed by atoms with E-state index in [1.165, 1.54) is 36.4 Å². The molecule has 2 aromatic carbocycles. The standard InChI is InChI=1S/C20H20F2O2/c1-13-2-4-14(5-3-13)15-6-11-18(19(22)12-15)20(23)24-17-9-7-16(21)8-10-17/h6-14H,2-5H2,1H3. The maximum Gasteiger partial charge on any atom is 0.346 e. The molecule has 0 aliphatic heterocycles. The van der Waals surface area contributed by atoms with Crippen LogP contribution >= 0.6 is 0 Å². The van der Waals surface area contributed by atoms with E-state index in [4.69, 9.17) is 4.74 Å². The van der Waals surface area contributed by atoms with Gasteiger partial charge in [-0.25, -0.2) is 13.6 Å². The van der Waals surface area contributed by atoms with Crippen LogP contribution in [0.1, 0.15) is 54.4 Å². The summed E-state index contributed by atoms with van der Waals surface area (Å²) < 4.78 is 32.3. The summed E-state index contributed by atoms with van der Waals surface area (Å²) in [5, 5.41) is 0. The highest BCUT2D eigenvalue weighted by Gasteiger charge is 2.22. The number of hydrogen-bond acceptors (Lipinski definition) is 2. The highest BCUT2D eigenvalue weighted by molar-refractivity contribution is 5.91. The van der Waals surface area contributed by atoms with Crippen LogP contribution in [-0.4, -0.2) is 5.97 Å². The summed E-state index contributed by atoms with van der Waals surface area (Å²) in [5.74, 6) is -0.492. The minimum atomic E-state index is -0.775. The van der Waals surface area contributed by atoms with Crippen LogP contribution in [0.25, 0.3) is 0 Å². The van der Waals surface area contributed by atoms with E-state index in [9.17, 15) is 13.6 Å². The predicted molar refractivity (Wildman–Crippen MR) is 88.1 cm³/mol. The van der Waals surface area contributed by atoms with Gasteiger partial charge in [0, 0.05) is 0 Å². The smallest absolute Gasteiger partial charge is 0.346 e. The molecule has 0 spiro atoms. The molecule has 1 aliphatic carbocycles. The Morgan fingerprint density at radius 3 is 2.29 bits per heavy atom. The summed E-state index contributed by atoms with van der Waals surface area (Å²) in [4.78, 5) is 12.1. The van der Waals surface area contributed by atoms with E-state index in [-0.39, 0.29) is 11.3 Å². The molecule has 0 N–H and O–H groups in total. The number of halogens is 2. The molecule has 3 rings (SSSR count). The molecule has 0 bridgehead atoms. The molecular weight excluding hydrogens is 310 g/mol. The number of hydrogen-bond donors (Lipinski definition) is 0. The fourth-order valence-electron chi connectivity index (χ4n) is 3.21. The van der Waals surface area contributed by atoms with Gasteiger partial charge < -0.3 is 4.74 Å². The van der Waals surface area contributed by atoms with Crippen LogP contribution < -0.4 is 4.74 Å². The molecule has 0 radical (unpaired) electrons. The first kappa shape index (κ1) is 16.6. The van der Waals surface area contributed by atoms with Gasteiger partial charge in [-0.05, 0) is 66.6 Å². The molecule has 0 amide bonds. The molecule has 1 saturated carbocycles. The lowest BCUT2D eigenvalue weighted by atomic mass is 9.79. The van der Waals surface area contributed by atoms with Gasteiger partial charge in [0.05, 0.1) is 5.56 Å². The van der Waals surface area contributed by atoms with Gasteiger partial charge in [-0.1, -0.05) is 25.8 Å². The second-order valence-electron chi connectivity index (χ2n) is 6.54. The Morgan fingerprint density at radius 2 is 1.67 bits per heavy atom. The summed E-state index contributed by atoms with van der Waals surface area (Å²) in [7, 11) is 0. The molecule has 0 heterocycles. The monoisotopic (exact) mass is 330 g/mol. The van der Waals surface area contributed by atoms with Gasteiger partial charge >= 0.3 is 5.97 Å². The van der Waals surface area contributed by atoms with Crippen molar-refractivity contribution in [2.75, 3.05) is 0 Å². The van der Waals surface area contributed by atoms with Crippen molar-refractivity contribution >= 4 is 5.97 Å². The lowest BCUT2D eigenvalue weighted by Crippen LogP contribution is -2.13. The molecule has 1 aliphatic rings. The molecule has 4 heteroatoms. The normalized spacial score (nSPS) is 20.6. The van der Waals surface area contributed by atoms with E-state index >= 15 is 0 Å². The zero-order valence-corrected chi connectivity index (χ0v) is 13.6. The van der Waals surface area contributed by atoms with Crippen molar-refractivity contribution in [2.45, 2.75) is 38.5 Å². The van der Waals surface area contributed by atoms with E-state index in [1.54, 1.807) is 0 Å². The Kier molecular flexibility index (Phi) is 4.93. The van der Waals surface area contributed by atoms with Crippen LogP contribution in [0.2, 0.25) is 0 Å². The molecule has 126 valence electrons. The highest BCUT2D eigenvalue weighted by Crippen LogP contribution is 2.36. The van der Waals surface area contributed by atoms with Crippen molar-refractivity contribution in [1.82, 2.24) is 0 Å². The fraction of sp³-hybridized carbons (Fsp3) is 0.350. The van der Waals surface area contributed by atoms with Crippen LogP contribution in [0.15, 0.2) is 42.5 Å². The number of esters is 1. The molecule has 0 aromatic heterocycles. The molecular formula is C20H20F2O2. The van der Waals surface area contributed by atoms with Crippen molar-refractivity contribution in [3.63, 3.8) is 0 Å². The van der Waals surface area contributed by atoms with Crippen molar-refractivity contribution in [2.24, 2.45) is 5.92 Å². The lowest BCUT2D eigenvalue weighted by molar-refractivity contribution is 0.0729. The Hall–Kier alpha value is -2.23. The van der Waals surface area contributed by atoms with Gasteiger partial charge in [-0.3, -0.25) is 0 Å². The Labute approximate surface area is 140 Å². The van der Waals surface area contributed by atoms with Crippen LogP contribution in [0.4, 0.5) is 8.78 Å². The lowest BCUT2D eigenvalue weighted by Gasteiger charge is -2.26. The zero-order chi connectivity index (χ0) is 17.1. The van der Waals surface area contributed by atoms with Gasteiger partial charge in [0.15, 0.2) is 0 Å². The maximum atomic E-state index is 14.3. The van der Waals surface area contributed by atoms with Crippen LogP contribution in [0.3, 0.4) is 0 Å². The van der Waals surface area contributed by atoms with E-state index in [0.717, 1.165) is 37.2 Å². The molecule has 2 aromatic rings. The van der Waals surface area contributed by atoms with Crippen molar-refractivity contribution in [3.8, 4) is 5.75 Å². The van der Waals surface area contributed by atoms with Crippen molar-refractivity contribution < 1.29 is 18.3 Å². The number of ether oxygens (including phenoxy) is 1. The molecule has 0 atom stereocenters. The van der Waals surface area contributed by atoms with E-state index in [2.05, 4.69) is 6.92 Å². The zero-order valence-electron chi connectivity index (χ0n) is 13.6. The van der Waals surface area contributed by atoms with Gasteiger partial charge in [-0.2, -0.15) is 0 Å². The first-order valence-corrected chi connectivity index (χ1v) is 8.30. The summed E-state index contributed by atoms with van der Waals surface area (Å²) >= 11 is 0. The number of rotatable bonds is 3. The third kappa shape index (κ3) is 3.81. The van der Waals surface area contributed by atoms with Crippen molar-refractivity contribution in [1.29, 1.82) is 0 Å². The van der Waals surface area contributed by atoms with Crippen LogP contribution in [-0.2, 0) is 0 Å². The van der Waals surface area contributed by atoms with E-state index in [0.29, 0.717) is 5.92 Å². The van der Waals surface area contributed by atoms with Gasteiger partial charge in [0.25, 0.3) is 0 Å². The number of carbonyl (C=O) groups excluding carboxylic acids is 1. The SMILES string of the molecule is CC1CCC(c2ccc(C(=O)Oc3ccc(F)cc3)c(F)c2)CC1. The molecule has 2 nitrogen and oxygen atoms in total. The first-order chi connectivity index (χ1) is 11.5. The second-order valence-corrected chi connectivity index (χ2v) is 6.54. The molecule has 0 unspecified atom stereocenters. The summed E-state index contributed by atoms with van der Waals surface area (Å²) in [6.07, 6.45) is 4.42. The Morgan fingerprint density at radius 1 is 1.00 bits per heavy atom. The quantitative estimate of drug-likeness (QED) is 0.550. The largest absolute Gasteiger partial charge is 0.423 e. The second kappa shape index (κ2) is 7.12. The fourth-order valence-corrected chi connectivity index (χ4v) is 3.21. The topological polar surface area (TPSA) is 26.3 Å². The first-order valence-electron chi connectivity index (χ1n) is 8.30. The molecule has 0 saturated heterocycles. The average Bonchev–Trinajstić information content (AvgIpc) is 2.57. The summed E-state index contributed by atoms with van der Waals surface area (Å²) in [6, 6.07) is 9.78. The highest BCUT2D eigenvalue weighted by atomic mass is 19.1. The van der Waals surface area contributed by atoms with E-state index < -0.39 is 17.6 Å². The summed E-state index contributed by atoms with van der Waals surface area (Å²) in [6.45, 7) is 2.24. The average molecular weight is 330 g/mol. The van der Waals surface area contributed by atoms with E-state index in [1.807, 2.05) is 6.07 Å². The summed E-state index contributed by atoms with van der Waals surface area (Å²) in [5.41, 5.74) is 0.838. The van der Waals surface area contributed by atoms with Crippen LogP contribution in [0.5, 0.6) is 5.75 Å². The molecule has 24 heavy (non-hydrogen) atoms. The molecule has 1 fully saturated rings.